The number of benzene rings is 1. The van der Waals surface area contributed by atoms with Crippen LogP contribution in [0.1, 0.15) is 41.6 Å². The quantitative estimate of drug-likeness (QED) is 0.881. The first-order chi connectivity index (χ1) is 8.94. The van der Waals surface area contributed by atoms with E-state index in [0.29, 0.717) is 18.4 Å². The molecule has 0 heterocycles. The number of aliphatic carboxylic acids is 1. The molecule has 0 unspecified atom stereocenters. The number of aryl methyl sites for hydroxylation is 1. The van der Waals surface area contributed by atoms with Gasteiger partial charge in [-0.2, -0.15) is 0 Å². The molecule has 1 amide bonds. The van der Waals surface area contributed by atoms with Gasteiger partial charge in [-0.25, -0.2) is 9.18 Å². The van der Waals surface area contributed by atoms with Crippen LogP contribution in [0.4, 0.5) is 4.39 Å². The fraction of sp³-hybridized carbons (Fsp3) is 0.429. The molecule has 0 saturated heterocycles. The molecular formula is C14H16FNO3. The lowest BCUT2D eigenvalue weighted by Gasteiger charge is -2.25. The second kappa shape index (κ2) is 4.99. The van der Waals surface area contributed by atoms with Crippen LogP contribution in [0.2, 0.25) is 0 Å². The molecule has 1 fully saturated rings. The van der Waals surface area contributed by atoms with Gasteiger partial charge in [0.15, 0.2) is 0 Å². The minimum absolute atomic E-state index is 0.284. The van der Waals surface area contributed by atoms with E-state index < -0.39 is 17.4 Å². The fourth-order valence-corrected chi connectivity index (χ4v) is 2.45. The summed E-state index contributed by atoms with van der Waals surface area (Å²) in [6.07, 6.45) is 2.45. The summed E-state index contributed by atoms with van der Waals surface area (Å²) in [6.45, 7) is 1.56. The Bertz CT molecular complexity index is 521. The van der Waals surface area contributed by atoms with Gasteiger partial charge in [-0.1, -0.05) is 12.8 Å². The number of hydrogen-bond acceptors (Lipinski definition) is 2. The maximum atomic E-state index is 13.1. The lowest BCUT2D eigenvalue weighted by molar-refractivity contribution is -0.144. The van der Waals surface area contributed by atoms with Crippen molar-refractivity contribution in [2.45, 2.75) is 38.1 Å². The van der Waals surface area contributed by atoms with Crippen LogP contribution in [0.15, 0.2) is 18.2 Å². The number of carbonyl (C=O) groups excluding carboxylic acids is 1. The standard InChI is InChI=1S/C14H16FNO3/c1-9-8-10(4-5-11(9)15)12(17)16-14(13(18)19)6-2-3-7-14/h4-5,8H,2-3,6-7H2,1H3,(H,16,17)(H,18,19). The Balaban J connectivity index is 2.20. The highest BCUT2D eigenvalue weighted by Gasteiger charge is 2.42. The molecule has 0 radical (unpaired) electrons. The van der Waals surface area contributed by atoms with E-state index in [2.05, 4.69) is 5.32 Å². The molecule has 2 N–H and O–H groups in total. The molecule has 0 aliphatic heterocycles. The van der Waals surface area contributed by atoms with Gasteiger partial charge in [0, 0.05) is 5.56 Å². The number of nitrogens with one attached hydrogen (secondary N) is 1. The predicted molar refractivity (Wildman–Crippen MR) is 67.4 cm³/mol. The third kappa shape index (κ3) is 2.59. The van der Waals surface area contributed by atoms with Gasteiger partial charge in [0.2, 0.25) is 0 Å². The zero-order valence-electron chi connectivity index (χ0n) is 10.7. The topological polar surface area (TPSA) is 66.4 Å². The van der Waals surface area contributed by atoms with Crippen LogP contribution in [-0.4, -0.2) is 22.5 Å². The first kappa shape index (κ1) is 13.5. The van der Waals surface area contributed by atoms with Crippen molar-refractivity contribution >= 4 is 11.9 Å². The first-order valence-corrected chi connectivity index (χ1v) is 6.27. The zero-order valence-corrected chi connectivity index (χ0v) is 10.7. The summed E-state index contributed by atoms with van der Waals surface area (Å²) in [5.41, 5.74) is -0.519. The highest BCUT2D eigenvalue weighted by Crippen LogP contribution is 2.30. The van der Waals surface area contributed by atoms with E-state index in [1.165, 1.54) is 18.2 Å². The molecule has 19 heavy (non-hydrogen) atoms. The number of halogens is 1. The van der Waals surface area contributed by atoms with Crippen LogP contribution in [0.3, 0.4) is 0 Å². The van der Waals surface area contributed by atoms with Gasteiger partial charge in [0.1, 0.15) is 11.4 Å². The van der Waals surface area contributed by atoms with Crippen molar-refractivity contribution in [3.63, 3.8) is 0 Å². The van der Waals surface area contributed by atoms with Gasteiger partial charge in [-0.05, 0) is 43.5 Å². The second-order valence-corrected chi connectivity index (χ2v) is 5.01. The van der Waals surface area contributed by atoms with Crippen molar-refractivity contribution < 1.29 is 19.1 Å². The van der Waals surface area contributed by atoms with Crippen LogP contribution in [0, 0.1) is 12.7 Å². The van der Waals surface area contributed by atoms with Gasteiger partial charge < -0.3 is 10.4 Å². The molecule has 0 aromatic heterocycles. The molecule has 2 rings (SSSR count). The number of carboxylic acid groups (broad SMARTS) is 1. The average molecular weight is 265 g/mol. The Morgan fingerprint density at radius 3 is 2.47 bits per heavy atom. The monoisotopic (exact) mass is 265 g/mol. The summed E-state index contributed by atoms with van der Waals surface area (Å²) < 4.78 is 13.1. The molecule has 4 nitrogen and oxygen atoms in total. The SMILES string of the molecule is Cc1cc(C(=O)NC2(C(=O)O)CCCC2)ccc1F. The average Bonchev–Trinajstić information content (AvgIpc) is 2.82. The number of carbonyl (C=O) groups is 2. The van der Waals surface area contributed by atoms with E-state index in [1.807, 2.05) is 0 Å². The van der Waals surface area contributed by atoms with Crippen LogP contribution in [0.25, 0.3) is 0 Å². The molecule has 1 aromatic carbocycles. The van der Waals surface area contributed by atoms with Crippen molar-refractivity contribution in [3.8, 4) is 0 Å². The summed E-state index contributed by atoms with van der Waals surface area (Å²) in [6, 6.07) is 4.00. The normalized spacial score (nSPS) is 17.2. The van der Waals surface area contributed by atoms with E-state index in [-0.39, 0.29) is 11.4 Å². The number of rotatable bonds is 3. The highest BCUT2D eigenvalue weighted by molar-refractivity contribution is 5.98. The molecular weight excluding hydrogens is 249 g/mol. The predicted octanol–water partition coefficient (Wildman–Crippen LogP) is 2.26. The van der Waals surface area contributed by atoms with Gasteiger partial charge in [-0.15, -0.1) is 0 Å². The Kier molecular flexibility index (Phi) is 3.55. The number of amides is 1. The maximum absolute atomic E-state index is 13.1. The Labute approximate surface area is 110 Å². The third-order valence-electron chi connectivity index (χ3n) is 3.64. The van der Waals surface area contributed by atoms with Crippen LogP contribution in [-0.2, 0) is 4.79 Å². The highest BCUT2D eigenvalue weighted by atomic mass is 19.1. The molecule has 1 saturated carbocycles. The van der Waals surface area contributed by atoms with Crippen LogP contribution in [0.5, 0.6) is 0 Å². The Morgan fingerprint density at radius 2 is 1.95 bits per heavy atom. The van der Waals surface area contributed by atoms with Crippen molar-refractivity contribution in [2.75, 3.05) is 0 Å². The number of hydrogen-bond donors (Lipinski definition) is 2. The lowest BCUT2D eigenvalue weighted by Crippen LogP contribution is -2.52. The van der Waals surface area contributed by atoms with Crippen molar-refractivity contribution in [1.29, 1.82) is 0 Å². The molecule has 0 spiro atoms. The summed E-state index contributed by atoms with van der Waals surface area (Å²) in [4.78, 5) is 23.4. The summed E-state index contributed by atoms with van der Waals surface area (Å²) in [5.74, 6) is -1.85. The molecule has 0 bridgehead atoms. The van der Waals surface area contributed by atoms with Gasteiger partial charge in [0.05, 0.1) is 0 Å². The van der Waals surface area contributed by atoms with Crippen LogP contribution < -0.4 is 5.32 Å². The van der Waals surface area contributed by atoms with E-state index in [9.17, 15) is 19.1 Å². The van der Waals surface area contributed by atoms with Crippen molar-refractivity contribution in [1.82, 2.24) is 5.32 Å². The molecule has 1 aliphatic rings. The van der Waals surface area contributed by atoms with E-state index in [4.69, 9.17) is 0 Å². The van der Waals surface area contributed by atoms with E-state index >= 15 is 0 Å². The van der Waals surface area contributed by atoms with Crippen molar-refractivity contribution in [2.24, 2.45) is 0 Å². The van der Waals surface area contributed by atoms with E-state index in [0.717, 1.165) is 12.8 Å². The molecule has 1 aromatic rings. The minimum Gasteiger partial charge on any atom is -0.480 e. The summed E-state index contributed by atoms with van der Waals surface area (Å²) in [7, 11) is 0. The number of carboxylic acids is 1. The van der Waals surface area contributed by atoms with Gasteiger partial charge in [0.25, 0.3) is 5.91 Å². The zero-order chi connectivity index (χ0) is 14.0. The molecule has 102 valence electrons. The van der Waals surface area contributed by atoms with E-state index in [1.54, 1.807) is 6.92 Å². The minimum atomic E-state index is -1.17. The largest absolute Gasteiger partial charge is 0.480 e. The first-order valence-electron chi connectivity index (χ1n) is 6.27. The molecule has 5 heteroatoms. The Morgan fingerprint density at radius 1 is 1.32 bits per heavy atom. The molecule has 0 atom stereocenters. The van der Waals surface area contributed by atoms with Gasteiger partial charge in [-0.3, -0.25) is 4.79 Å². The lowest BCUT2D eigenvalue weighted by atomic mass is 9.97. The smallest absolute Gasteiger partial charge is 0.329 e. The second-order valence-electron chi connectivity index (χ2n) is 5.01. The van der Waals surface area contributed by atoms with Crippen LogP contribution >= 0.6 is 0 Å². The Hall–Kier alpha value is -1.91. The summed E-state index contributed by atoms with van der Waals surface area (Å²) >= 11 is 0. The maximum Gasteiger partial charge on any atom is 0.329 e. The van der Waals surface area contributed by atoms with Crippen molar-refractivity contribution in [3.05, 3.63) is 35.1 Å². The fourth-order valence-electron chi connectivity index (χ4n) is 2.45. The third-order valence-corrected chi connectivity index (χ3v) is 3.64. The molecule has 1 aliphatic carbocycles. The van der Waals surface area contributed by atoms with Gasteiger partial charge >= 0.3 is 5.97 Å². The summed E-state index contributed by atoms with van der Waals surface area (Å²) in [5, 5.41) is 11.9.